The van der Waals surface area contributed by atoms with E-state index in [2.05, 4.69) is 10.6 Å². The maximum atomic E-state index is 10.7. The molecule has 1 saturated carbocycles. The third-order valence-corrected chi connectivity index (χ3v) is 4.44. The van der Waals surface area contributed by atoms with Crippen molar-refractivity contribution in [1.82, 2.24) is 10.6 Å². The molecule has 18 heavy (non-hydrogen) atoms. The summed E-state index contributed by atoms with van der Waals surface area (Å²) in [5, 5.41) is 7.32. The van der Waals surface area contributed by atoms with Gasteiger partial charge in [-0.25, -0.2) is 0 Å². The maximum absolute atomic E-state index is 10.7. The van der Waals surface area contributed by atoms with Gasteiger partial charge in [-0.15, -0.1) is 0 Å². The van der Waals surface area contributed by atoms with Crippen molar-refractivity contribution in [3.05, 3.63) is 0 Å². The summed E-state index contributed by atoms with van der Waals surface area (Å²) in [6, 6.07) is 1.36. The van der Waals surface area contributed by atoms with E-state index in [4.69, 9.17) is 5.73 Å². The Labute approximate surface area is 110 Å². The van der Waals surface area contributed by atoms with E-state index in [1.165, 1.54) is 45.1 Å². The molecular weight excluding hydrogens is 226 g/mol. The first-order valence-corrected chi connectivity index (χ1v) is 7.52. The fourth-order valence-electron chi connectivity index (χ4n) is 3.52. The van der Waals surface area contributed by atoms with Gasteiger partial charge in [-0.05, 0) is 51.1 Å². The summed E-state index contributed by atoms with van der Waals surface area (Å²) >= 11 is 0. The highest BCUT2D eigenvalue weighted by Crippen LogP contribution is 2.31. The van der Waals surface area contributed by atoms with Crippen molar-refractivity contribution in [2.24, 2.45) is 11.7 Å². The number of hydrogen-bond acceptors (Lipinski definition) is 3. The van der Waals surface area contributed by atoms with Crippen LogP contribution in [0.25, 0.3) is 0 Å². The molecule has 0 bridgehead atoms. The van der Waals surface area contributed by atoms with Crippen LogP contribution in [0.15, 0.2) is 0 Å². The third kappa shape index (κ3) is 3.95. The van der Waals surface area contributed by atoms with E-state index in [0.29, 0.717) is 12.5 Å². The molecule has 4 nitrogen and oxygen atoms in total. The predicted octanol–water partition coefficient (Wildman–Crippen LogP) is 1.15. The number of carbonyl (C=O) groups excluding carboxylic acids is 1. The van der Waals surface area contributed by atoms with E-state index < -0.39 is 0 Å². The van der Waals surface area contributed by atoms with Crippen molar-refractivity contribution in [1.29, 1.82) is 0 Å². The van der Waals surface area contributed by atoms with Gasteiger partial charge in [-0.1, -0.05) is 12.8 Å². The third-order valence-electron chi connectivity index (χ3n) is 4.44. The zero-order valence-electron chi connectivity index (χ0n) is 11.3. The molecule has 1 saturated heterocycles. The minimum Gasteiger partial charge on any atom is -0.370 e. The van der Waals surface area contributed by atoms with Gasteiger partial charge in [0.05, 0.1) is 0 Å². The minimum absolute atomic E-state index is 0.186. The summed E-state index contributed by atoms with van der Waals surface area (Å²) in [6.07, 6.45) is 9.41. The summed E-state index contributed by atoms with van der Waals surface area (Å²) in [7, 11) is 0. The lowest BCUT2D eigenvalue weighted by Gasteiger charge is -2.33. The van der Waals surface area contributed by atoms with Gasteiger partial charge in [0, 0.05) is 18.5 Å². The van der Waals surface area contributed by atoms with Gasteiger partial charge in [0.25, 0.3) is 0 Å². The lowest BCUT2D eigenvalue weighted by atomic mass is 9.88. The van der Waals surface area contributed by atoms with Gasteiger partial charge in [0.2, 0.25) is 5.91 Å². The molecule has 2 aliphatic rings. The molecule has 104 valence electrons. The maximum Gasteiger partial charge on any atom is 0.217 e. The van der Waals surface area contributed by atoms with Gasteiger partial charge >= 0.3 is 0 Å². The standard InChI is InChI=1S/C14H27N3O/c15-14(18)8-4-10-17-13-7-3-5-11(13)12-6-1-2-9-16-12/h11-13,16-17H,1-10H2,(H2,15,18). The van der Waals surface area contributed by atoms with Crippen LogP contribution in [0.1, 0.15) is 51.4 Å². The van der Waals surface area contributed by atoms with Gasteiger partial charge in [-0.3, -0.25) is 4.79 Å². The van der Waals surface area contributed by atoms with E-state index in [1.54, 1.807) is 0 Å². The van der Waals surface area contributed by atoms with Crippen molar-refractivity contribution in [2.45, 2.75) is 63.5 Å². The van der Waals surface area contributed by atoms with Crippen LogP contribution in [0.5, 0.6) is 0 Å². The lowest BCUT2D eigenvalue weighted by Crippen LogP contribution is -2.47. The van der Waals surface area contributed by atoms with Crippen molar-refractivity contribution < 1.29 is 4.79 Å². The first-order valence-electron chi connectivity index (χ1n) is 7.52. The molecule has 0 spiro atoms. The summed E-state index contributed by atoms with van der Waals surface area (Å²) in [5.74, 6) is 0.604. The zero-order chi connectivity index (χ0) is 12.8. The monoisotopic (exact) mass is 253 g/mol. The second-order valence-corrected chi connectivity index (χ2v) is 5.78. The van der Waals surface area contributed by atoms with Crippen LogP contribution in [0, 0.1) is 5.92 Å². The van der Waals surface area contributed by atoms with Crippen molar-refractivity contribution in [3.8, 4) is 0 Å². The van der Waals surface area contributed by atoms with Crippen LogP contribution in [0.3, 0.4) is 0 Å². The first-order chi connectivity index (χ1) is 8.77. The molecule has 0 radical (unpaired) electrons. The molecule has 4 N–H and O–H groups in total. The van der Waals surface area contributed by atoms with Gasteiger partial charge in [-0.2, -0.15) is 0 Å². The Bertz CT molecular complexity index is 264. The minimum atomic E-state index is -0.186. The lowest BCUT2D eigenvalue weighted by molar-refractivity contribution is -0.118. The largest absolute Gasteiger partial charge is 0.370 e. The van der Waals surface area contributed by atoms with Crippen LogP contribution in [0.4, 0.5) is 0 Å². The van der Waals surface area contributed by atoms with E-state index in [9.17, 15) is 4.79 Å². The highest BCUT2D eigenvalue weighted by molar-refractivity contribution is 5.73. The molecule has 1 heterocycles. The molecule has 0 aromatic rings. The number of nitrogens with two attached hydrogens (primary N) is 1. The Morgan fingerprint density at radius 2 is 2.11 bits per heavy atom. The van der Waals surface area contributed by atoms with Gasteiger partial charge in [0.1, 0.15) is 0 Å². The van der Waals surface area contributed by atoms with Crippen molar-refractivity contribution in [2.75, 3.05) is 13.1 Å². The summed E-state index contributed by atoms with van der Waals surface area (Å²) in [6.45, 7) is 2.12. The molecule has 0 aromatic carbocycles. The topological polar surface area (TPSA) is 67.2 Å². The van der Waals surface area contributed by atoms with Crippen molar-refractivity contribution >= 4 is 5.91 Å². The van der Waals surface area contributed by atoms with E-state index in [0.717, 1.165) is 24.9 Å². The molecule has 0 aromatic heterocycles. The van der Waals surface area contributed by atoms with Crippen molar-refractivity contribution in [3.63, 3.8) is 0 Å². The normalized spacial score (nSPS) is 32.6. The average molecular weight is 253 g/mol. The summed E-state index contributed by atoms with van der Waals surface area (Å²) in [5.41, 5.74) is 5.15. The quantitative estimate of drug-likeness (QED) is 0.622. The molecule has 4 heteroatoms. The van der Waals surface area contributed by atoms with Crippen LogP contribution < -0.4 is 16.4 Å². The number of nitrogens with one attached hydrogen (secondary N) is 2. The number of rotatable bonds is 6. The molecule has 2 fully saturated rings. The van der Waals surface area contributed by atoms with Gasteiger partial charge < -0.3 is 16.4 Å². The highest BCUT2D eigenvalue weighted by atomic mass is 16.1. The van der Waals surface area contributed by atoms with Crippen LogP contribution >= 0.6 is 0 Å². The van der Waals surface area contributed by atoms with E-state index in [-0.39, 0.29) is 5.91 Å². The zero-order valence-corrected chi connectivity index (χ0v) is 11.3. The predicted molar refractivity (Wildman–Crippen MR) is 73.2 cm³/mol. The van der Waals surface area contributed by atoms with E-state index >= 15 is 0 Å². The second kappa shape index (κ2) is 7.10. The highest BCUT2D eigenvalue weighted by Gasteiger charge is 2.33. The Balaban J connectivity index is 1.71. The Morgan fingerprint density at radius 3 is 2.83 bits per heavy atom. The van der Waals surface area contributed by atoms with Gasteiger partial charge in [0.15, 0.2) is 0 Å². The second-order valence-electron chi connectivity index (χ2n) is 5.78. The molecule has 1 aliphatic carbocycles. The molecule has 3 unspecified atom stereocenters. The Hall–Kier alpha value is -0.610. The molecular formula is C14H27N3O. The number of carbonyl (C=O) groups is 1. The fraction of sp³-hybridized carbons (Fsp3) is 0.929. The SMILES string of the molecule is NC(=O)CCCNC1CCCC1C1CCCCN1. The van der Waals surface area contributed by atoms with E-state index in [1.807, 2.05) is 0 Å². The number of piperidine rings is 1. The van der Waals surface area contributed by atoms with Crippen LogP contribution in [-0.2, 0) is 4.79 Å². The Kier molecular flexibility index (Phi) is 5.45. The summed E-state index contributed by atoms with van der Waals surface area (Å²) < 4.78 is 0. The van der Waals surface area contributed by atoms with Crippen LogP contribution in [0.2, 0.25) is 0 Å². The fourth-order valence-corrected chi connectivity index (χ4v) is 3.52. The molecule has 1 amide bonds. The number of hydrogen-bond donors (Lipinski definition) is 3. The molecule has 2 rings (SSSR count). The molecule has 3 atom stereocenters. The smallest absolute Gasteiger partial charge is 0.217 e. The van der Waals surface area contributed by atoms with Crippen LogP contribution in [-0.4, -0.2) is 31.1 Å². The average Bonchev–Trinajstić information content (AvgIpc) is 2.84. The number of amides is 1. The molecule has 1 aliphatic heterocycles. The number of primary amides is 1. The summed E-state index contributed by atoms with van der Waals surface area (Å²) in [4.78, 5) is 10.7. The first kappa shape index (κ1) is 13.8. The Morgan fingerprint density at radius 1 is 1.22 bits per heavy atom.